The standard InChI is InChI=1S/C9H10FNO2/c1-2-13-4-3-7-5-8(10)9(12)11-6-7/h3-6H,2H2,1H3,(H,11,12)/b4-3+. The van der Waals surface area contributed by atoms with E-state index in [4.69, 9.17) is 4.74 Å². The molecule has 1 heterocycles. The van der Waals surface area contributed by atoms with Gasteiger partial charge in [-0.2, -0.15) is 0 Å². The highest BCUT2D eigenvalue weighted by Gasteiger charge is 1.96. The normalized spacial score (nSPS) is 10.6. The van der Waals surface area contributed by atoms with Gasteiger partial charge in [0.1, 0.15) is 0 Å². The Labute approximate surface area is 74.9 Å². The maximum atomic E-state index is 12.7. The predicted molar refractivity (Wildman–Crippen MR) is 47.7 cm³/mol. The van der Waals surface area contributed by atoms with E-state index in [-0.39, 0.29) is 0 Å². The molecule has 0 amide bonds. The summed E-state index contributed by atoms with van der Waals surface area (Å²) in [6, 6.07) is 1.15. The molecule has 1 aromatic rings. The van der Waals surface area contributed by atoms with Crippen molar-refractivity contribution in [3.63, 3.8) is 0 Å². The second kappa shape index (κ2) is 4.45. The minimum Gasteiger partial charge on any atom is -0.501 e. The van der Waals surface area contributed by atoms with Crippen LogP contribution in [0.1, 0.15) is 12.5 Å². The van der Waals surface area contributed by atoms with E-state index >= 15 is 0 Å². The van der Waals surface area contributed by atoms with Gasteiger partial charge in [0, 0.05) is 6.20 Å². The van der Waals surface area contributed by atoms with Gasteiger partial charge in [-0.3, -0.25) is 4.79 Å². The van der Waals surface area contributed by atoms with Crippen molar-refractivity contribution in [1.82, 2.24) is 4.98 Å². The fourth-order valence-electron chi connectivity index (χ4n) is 0.790. The van der Waals surface area contributed by atoms with E-state index in [1.807, 2.05) is 6.92 Å². The summed E-state index contributed by atoms with van der Waals surface area (Å²) < 4.78 is 17.6. The molecule has 0 aromatic carbocycles. The second-order valence-corrected chi connectivity index (χ2v) is 2.37. The van der Waals surface area contributed by atoms with Crippen molar-refractivity contribution in [3.8, 4) is 0 Å². The molecule has 0 aliphatic heterocycles. The van der Waals surface area contributed by atoms with Crippen LogP contribution in [-0.4, -0.2) is 11.6 Å². The average Bonchev–Trinajstić information content (AvgIpc) is 2.12. The largest absolute Gasteiger partial charge is 0.501 e. The lowest BCUT2D eigenvalue weighted by Crippen LogP contribution is -2.09. The Bertz CT molecular complexity index is 357. The summed E-state index contributed by atoms with van der Waals surface area (Å²) in [4.78, 5) is 12.9. The lowest BCUT2D eigenvalue weighted by molar-refractivity contribution is 0.272. The summed E-state index contributed by atoms with van der Waals surface area (Å²) in [5.74, 6) is -0.793. The van der Waals surface area contributed by atoms with Crippen LogP contribution in [0.4, 0.5) is 4.39 Å². The van der Waals surface area contributed by atoms with Crippen molar-refractivity contribution in [2.24, 2.45) is 0 Å². The third-order valence-corrected chi connectivity index (χ3v) is 1.40. The highest BCUT2D eigenvalue weighted by molar-refractivity contribution is 5.46. The van der Waals surface area contributed by atoms with E-state index in [1.54, 1.807) is 6.08 Å². The topological polar surface area (TPSA) is 42.1 Å². The van der Waals surface area contributed by atoms with Gasteiger partial charge in [0.25, 0.3) is 5.56 Å². The highest BCUT2D eigenvalue weighted by Crippen LogP contribution is 1.99. The molecule has 0 saturated heterocycles. The molecule has 13 heavy (non-hydrogen) atoms. The number of aromatic amines is 1. The van der Waals surface area contributed by atoms with Crippen LogP contribution in [0.5, 0.6) is 0 Å². The molecule has 0 radical (unpaired) electrons. The minimum absolute atomic E-state index is 0.558. The maximum absolute atomic E-state index is 12.7. The Balaban J connectivity index is 2.79. The van der Waals surface area contributed by atoms with Crippen LogP contribution in [-0.2, 0) is 4.74 Å². The molecular weight excluding hydrogens is 173 g/mol. The lowest BCUT2D eigenvalue weighted by Gasteiger charge is -1.94. The van der Waals surface area contributed by atoms with Crippen LogP contribution in [0, 0.1) is 5.82 Å². The number of hydrogen-bond acceptors (Lipinski definition) is 2. The maximum Gasteiger partial charge on any atom is 0.283 e. The number of hydrogen-bond donors (Lipinski definition) is 1. The Morgan fingerprint density at radius 1 is 1.69 bits per heavy atom. The molecule has 0 saturated carbocycles. The molecule has 0 atom stereocenters. The lowest BCUT2D eigenvalue weighted by atomic mass is 10.3. The van der Waals surface area contributed by atoms with Crippen LogP contribution in [0.15, 0.2) is 23.3 Å². The number of rotatable bonds is 3. The summed E-state index contributed by atoms with van der Waals surface area (Å²) in [6.45, 7) is 2.40. The van der Waals surface area contributed by atoms with E-state index < -0.39 is 11.4 Å². The number of halogens is 1. The third kappa shape index (κ3) is 2.74. The Hall–Kier alpha value is -1.58. The van der Waals surface area contributed by atoms with Gasteiger partial charge in [0.05, 0.1) is 12.9 Å². The Morgan fingerprint density at radius 2 is 2.46 bits per heavy atom. The van der Waals surface area contributed by atoms with Crippen LogP contribution in [0.25, 0.3) is 6.08 Å². The molecule has 0 spiro atoms. The van der Waals surface area contributed by atoms with E-state index in [1.165, 1.54) is 12.5 Å². The zero-order valence-corrected chi connectivity index (χ0v) is 7.21. The van der Waals surface area contributed by atoms with Crippen molar-refractivity contribution >= 4 is 6.08 Å². The van der Waals surface area contributed by atoms with E-state index in [0.29, 0.717) is 12.2 Å². The molecule has 0 unspecified atom stereocenters. The monoisotopic (exact) mass is 183 g/mol. The van der Waals surface area contributed by atoms with Crippen molar-refractivity contribution in [1.29, 1.82) is 0 Å². The van der Waals surface area contributed by atoms with Gasteiger partial charge < -0.3 is 9.72 Å². The molecule has 0 aliphatic carbocycles. The van der Waals surface area contributed by atoms with Crippen molar-refractivity contribution < 1.29 is 9.13 Å². The number of H-pyrrole nitrogens is 1. The molecule has 0 fully saturated rings. The average molecular weight is 183 g/mol. The first-order valence-corrected chi connectivity index (χ1v) is 3.90. The van der Waals surface area contributed by atoms with E-state index in [0.717, 1.165) is 6.07 Å². The number of pyridine rings is 1. The fourth-order valence-corrected chi connectivity index (χ4v) is 0.790. The van der Waals surface area contributed by atoms with Gasteiger partial charge in [0.15, 0.2) is 5.82 Å². The van der Waals surface area contributed by atoms with Gasteiger partial charge >= 0.3 is 0 Å². The van der Waals surface area contributed by atoms with E-state index in [2.05, 4.69) is 4.98 Å². The van der Waals surface area contributed by atoms with Gasteiger partial charge in [0.2, 0.25) is 0 Å². The zero-order chi connectivity index (χ0) is 9.68. The summed E-state index contributed by atoms with van der Waals surface area (Å²) in [5, 5.41) is 0. The van der Waals surface area contributed by atoms with Crippen molar-refractivity contribution in [2.45, 2.75) is 6.92 Å². The molecule has 1 aromatic heterocycles. The second-order valence-electron chi connectivity index (χ2n) is 2.37. The SMILES string of the molecule is CCO/C=C/c1c[nH]c(=O)c(F)c1. The van der Waals surface area contributed by atoms with Gasteiger partial charge in [-0.25, -0.2) is 4.39 Å². The van der Waals surface area contributed by atoms with Crippen LogP contribution in [0.2, 0.25) is 0 Å². The third-order valence-electron chi connectivity index (χ3n) is 1.40. The first-order chi connectivity index (χ1) is 6.24. The Morgan fingerprint density at radius 3 is 3.08 bits per heavy atom. The highest BCUT2D eigenvalue weighted by atomic mass is 19.1. The summed E-state index contributed by atoms with van der Waals surface area (Å²) in [7, 11) is 0. The fraction of sp³-hybridized carbons (Fsp3) is 0.222. The number of ether oxygens (including phenoxy) is 1. The molecule has 1 rings (SSSR count). The van der Waals surface area contributed by atoms with Crippen LogP contribution >= 0.6 is 0 Å². The molecule has 70 valence electrons. The molecule has 3 nitrogen and oxygen atoms in total. The van der Waals surface area contributed by atoms with Crippen LogP contribution < -0.4 is 5.56 Å². The molecular formula is C9H10FNO2. The summed E-state index contributed by atoms with van der Waals surface area (Å²) in [5.41, 5.74) is -0.154. The number of aromatic nitrogens is 1. The summed E-state index contributed by atoms with van der Waals surface area (Å²) >= 11 is 0. The molecule has 0 bridgehead atoms. The van der Waals surface area contributed by atoms with Gasteiger partial charge in [-0.05, 0) is 24.6 Å². The Kier molecular flexibility index (Phi) is 3.25. The molecule has 1 N–H and O–H groups in total. The van der Waals surface area contributed by atoms with Crippen molar-refractivity contribution in [3.05, 3.63) is 40.3 Å². The van der Waals surface area contributed by atoms with E-state index in [9.17, 15) is 9.18 Å². The minimum atomic E-state index is -0.793. The first-order valence-electron chi connectivity index (χ1n) is 3.90. The van der Waals surface area contributed by atoms with Gasteiger partial charge in [-0.15, -0.1) is 0 Å². The van der Waals surface area contributed by atoms with Crippen molar-refractivity contribution in [2.75, 3.05) is 6.61 Å². The number of nitrogens with one attached hydrogen (secondary N) is 1. The predicted octanol–water partition coefficient (Wildman–Crippen LogP) is 1.52. The van der Waals surface area contributed by atoms with Crippen LogP contribution in [0.3, 0.4) is 0 Å². The zero-order valence-electron chi connectivity index (χ0n) is 7.21. The smallest absolute Gasteiger partial charge is 0.283 e. The summed E-state index contributed by atoms with van der Waals surface area (Å²) in [6.07, 6.45) is 4.44. The molecule has 0 aliphatic rings. The quantitative estimate of drug-likeness (QED) is 0.722. The molecule has 4 heteroatoms. The first kappa shape index (κ1) is 9.51. The van der Waals surface area contributed by atoms with Gasteiger partial charge in [-0.1, -0.05) is 0 Å².